The second-order valence-corrected chi connectivity index (χ2v) is 4.77. The predicted octanol–water partition coefficient (Wildman–Crippen LogP) is -0.741. The number of anilines is 1. The summed E-state index contributed by atoms with van der Waals surface area (Å²) in [7, 11) is 0. The van der Waals surface area contributed by atoms with Crippen molar-refractivity contribution in [3.05, 3.63) is 62.4 Å². The third-order valence-electron chi connectivity index (χ3n) is 2.92. The number of esters is 1. The molecule has 1 atom stereocenters. The van der Waals surface area contributed by atoms with Crippen molar-refractivity contribution >= 4 is 11.7 Å². The Bertz CT molecular complexity index is 735. The summed E-state index contributed by atoms with van der Waals surface area (Å²) >= 11 is 0. The first-order chi connectivity index (χ1) is 10.4. The van der Waals surface area contributed by atoms with E-state index in [1.807, 2.05) is 4.98 Å². The van der Waals surface area contributed by atoms with E-state index in [2.05, 4.69) is 4.98 Å². The van der Waals surface area contributed by atoms with Crippen molar-refractivity contribution in [3.8, 4) is 0 Å². The van der Waals surface area contributed by atoms with Crippen molar-refractivity contribution in [3.63, 3.8) is 0 Å². The van der Waals surface area contributed by atoms with Gasteiger partial charge in [-0.1, -0.05) is 12.1 Å². The Balaban J connectivity index is 1.92. The molecule has 0 unspecified atom stereocenters. The minimum atomic E-state index is -0.850. The molecule has 1 aromatic heterocycles. The fourth-order valence-corrected chi connectivity index (χ4v) is 1.84. The van der Waals surface area contributed by atoms with Gasteiger partial charge in [0, 0.05) is 11.8 Å². The van der Waals surface area contributed by atoms with Gasteiger partial charge in [0.25, 0.3) is 5.56 Å². The van der Waals surface area contributed by atoms with Gasteiger partial charge in [-0.05, 0) is 24.1 Å². The maximum absolute atomic E-state index is 11.8. The summed E-state index contributed by atoms with van der Waals surface area (Å²) in [6.07, 6.45) is 0.297. The minimum Gasteiger partial charge on any atom is -0.458 e. The van der Waals surface area contributed by atoms with E-state index in [1.54, 1.807) is 24.3 Å². The van der Waals surface area contributed by atoms with Gasteiger partial charge < -0.3 is 21.2 Å². The van der Waals surface area contributed by atoms with E-state index >= 15 is 0 Å². The largest absolute Gasteiger partial charge is 0.458 e. The van der Waals surface area contributed by atoms with E-state index in [9.17, 15) is 14.4 Å². The van der Waals surface area contributed by atoms with Crippen LogP contribution in [0, 0.1) is 0 Å². The number of rotatable bonds is 5. The summed E-state index contributed by atoms with van der Waals surface area (Å²) in [5.41, 5.74) is 11.8. The summed E-state index contributed by atoms with van der Waals surface area (Å²) in [6.45, 7) is -0.229. The number of H-pyrrole nitrogens is 2. The van der Waals surface area contributed by atoms with Gasteiger partial charge in [-0.25, -0.2) is 4.79 Å². The molecule has 0 bridgehead atoms. The summed E-state index contributed by atoms with van der Waals surface area (Å²) in [4.78, 5) is 38.4. The number of aromatic amines is 2. The van der Waals surface area contributed by atoms with Gasteiger partial charge in [0.05, 0.1) is 5.69 Å². The van der Waals surface area contributed by atoms with Crippen LogP contribution in [0.25, 0.3) is 0 Å². The average molecular weight is 304 g/mol. The lowest BCUT2D eigenvalue weighted by Gasteiger charge is -2.11. The quantitative estimate of drug-likeness (QED) is 0.423. The molecule has 22 heavy (non-hydrogen) atoms. The van der Waals surface area contributed by atoms with Crippen LogP contribution in [0.5, 0.6) is 0 Å². The van der Waals surface area contributed by atoms with Gasteiger partial charge in [-0.15, -0.1) is 0 Å². The van der Waals surface area contributed by atoms with Crippen molar-refractivity contribution < 1.29 is 9.53 Å². The molecular weight excluding hydrogens is 288 g/mol. The molecule has 0 spiro atoms. The Morgan fingerprint density at radius 1 is 1.18 bits per heavy atom. The first-order valence-electron chi connectivity index (χ1n) is 6.53. The van der Waals surface area contributed by atoms with E-state index in [-0.39, 0.29) is 12.3 Å². The van der Waals surface area contributed by atoms with Crippen LogP contribution in [0.1, 0.15) is 11.3 Å². The summed E-state index contributed by atoms with van der Waals surface area (Å²) in [6, 6.07) is 7.27. The molecule has 0 aliphatic carbocycles. The highest BCUT2D eigenvalue weighted by Crippen LogP contribution is 2.08. The van der Waals surface area contributed by atoms with Gasteiger partial charge in [-0.3, -0.25) is 14.6 Å². The number of nitrogens with two attached hydrogens (primary N) is 2. The molecule has 0 aliphatic rings. The van der Waals surface area contributed by atoms with Crippen LogP contribution in [0.15, 0.2) is 39.9 Å². The highest BCUT2D eigenvalue weighted by atomic mass is 16.5. The molecule has 0 radical (unpaired) electrons. The number of ether oxygens (including phenoxy) is 1. The molecule has 8 heteroatoms. The Morgan fingerprint density at radius 3 is 2.50 bits per heavy atom. The number of nitrogens with one attached hydrogen (secondary N) is 2. The number of hydrogen-bond acceptors (Lipinski definition) is 6. The van der Waals surface area contributed by atoms with E-state index in [4.69, 9.17) is 16.2 Å². The van der Waals surface area contributed by atoms with Crippen LogP contribution in [0.2, 0.25) is 0 Å². The van der Waals surface area contributed by atoms with Crippen LogP contribution in [0.4, 0.5) is 5.69 Å². The van der Waals surface area contributed by atoms with Gasteiger partial charge in [0.15, 0.2) is 0 Å². The maximum atomic E-state index is 11.8. The van der Waals surface area contributed by atoms with Gasteiger partial charge in [0.1, 0.15) is 12.6 Å². The first-order valence-corrected chi connectivity index (χ1v) is 6.53. The zero-order chi connectivity index (χ0) is 16.1. The fraction of sp³-hybridized carbons (Fsp3) is 0.214. The zero-order valence-corrected chi connectivity index (χ0v) is 11.7. The SMILES string of the molecule is Nc1ccc(C[C@H](N)C(=O)OCc2cc(=O)[nH]c(=O)[nH]2)cc1. The van der Waals surface area contributed by atoms with E-state index in [0.29, 0.717) is 12.1 Å². The van der Waals surface area contributed by atoms with Crippen molar-refractivity contribution in [2.24, 2.45) is 5.73 Å². The van der Waals surface area contributed by atoms with Crippen LogP contribution in [0.3, 0.4) is 0 Å². The molecule has 6 N–H and O–H groups in total. The van der Waals surface area contributed by atoms with Gasteiger partial charge in [0.2, 0.25) is 0 Å². The number of aromatic nitrogens is 2. The highest BCUT2D eigenvalue weighted by molar-refractivity contribution is 5.75. The van der Waals surface area contributed by atoms with Crippen LogP contribution < -0.4 is 22.7 Å². The second kappa shape index (κ2) is 6.72. The average Bonchev–Trinajstić information content (AvgIpc) is 2.46. The first kappa shape index (κ1) is 15.5. The topological polar surface area (TPSA) is 144 Å². The monoisotopic (exact) mass is 304 g/mol. The Hall–Kier alpha value is -2.87. The highest BCUT2D eigenvalue weighted by Gasteiger charge is 2.16. The molecule has 0 aliphatic heterocycles. The maximum Gasteiger partial charge on any atom is 0.326 e. The van der Waals surface area contributed by atoms with Crippen LogP contribution in [-0.2, 0) is 22.6 Å². The number of benzene rings is 1. The summed E-state index contributed by atoms with van der Waals surface area (Å²) in [5, 5.41) is 0. The molecule has 116 valence electrons. The molecule has 0 saturated heterocycles. The van der Waals surface area contributed by atoms with E-state index < -0.39 is 23.3 Å². The van der Waals surface area contributed by atoms with Gasteiger partial charge in [-0.2, -0.15) is 0 Å². The zero-order valence-electron chi connectivity index (χ0n) is 11.7. The van der Waals surface area contributed by atoms with E-state index in [1.165, 1.54) is 0 Å². The van der Waals surface area contributed by atoms with Crippen molar-refractivity contribution in [2.75, 3.05) is 5.73 Å². The number of hydrogen-bond donors (Lipinski definition) is 4. The molecule has 8 nitrogen and oxygen atoms in total. The molecule has 0 amide bonds. The molecule has 2 rings (SSSR count). The number of nitrogen functional groups attached to an aromatic ring is 1. The van der Waals surface area contributed by atoms with E-state index in [0.717, 1.165) is 11.6 Å². The molecule has 1 aromatic carbocycles. The Kier molecular flexibility index (Phi) is 4.74. The standard InChI is InChI=1S/C14H16N4O4/c15-9-3-1-8(2-4-9)5-11(16)13(20)22-7-10-6-12(19)18-14(21)17-10/h1-4,6,11H,5,7,15-16H2,(H2,17,18,19,21)/t11-/m0/s1. The predicted molar refractivity (Wildman–Crippen MR) is 80.0 cm³/mol. The van der Waals surface area contributed by atoms with Crippen molar-refractivity contribution in [1.82, 2.24) is 9.97 Å². The smallest absolute Gasteiger partial charge is 0.326 e. The Morgan fingerprint density at radius 2 is 1.86 bits per heavy atom. The summed E-state index contributed by atoms with van der Waals surface area (Å²) < 4.78 is 4.98. The van der Waals surface area contributed by atoms with Crippen LogP contribution in [-0.4, -0.2) is 22.0 Å². The third-order valence-corrected chi connectivity index (χ3v) is 2.92. The number of carbonyl (C=O) groups is 1. The lowest BCUT2D eigenvalue weighted by atomic mass is 10.1. The van der Waals surface area contributed by atoms with Crippen molar-refractivity contribution in [1.29, 1.82) is 0 Å². The minimum absolute atomic E-state index is 0.196. The third kappa shape index (κ3) is 4.32. The molecular formula is C14H16N4O4. The lowest BCUT2D eigenvalue weighted by Crippen LogP contribution is -2.34. The normalized spacial score (nSPS) is 11.9. The van der Waals surface area contributed by atoms with Gasteiger partial charge >= 0.3 is 11.7 Å². The Labute approximate surface area is 125 Å². The summed E-state index contributed by atoms with van der Waals surface area (Å²) in [5.74, 6) is -0.627. The molecule has 0 fully saturated rings. The fourth-order valence-electron chi connectivity index (χ4n) is 1.84. The van der Waals surface area contributed by atoms with Crippen LogP contribution >= 0.6 is 0 Å². The number of carbonyl (C=O) groups excluding carboxylic acids is 1. The van der Waals surface area contributed by atoms with Crippen molar-refractivity contribution in [2.45, 2.75) is 19.1 Å². The molecule has 1 heterocycles. The molecule has 0 saturated carbocycles. The molecule has 2 aromatic rings. The second-order valence-electron chi connectivity index (χ2n) is 4.77. The lowest BCUT2D eigenvalue weighted by molar-refractivity contribution is -0.146.